The molecule has 7 heteroatoms. The molecule has 0 saturated carbocycles. The molecule has 20 heavy (non-hydrogen) atoms. The van der Waals surface area contributed by atoms with Crippen LogP contribution in [0.5, 0.6) is 5.75 Å². The van der Waals surface area contributed by atoms with E-state index in [9.17, 15) is 9.59 Å². The molecule has 0 aliphatic heterocycles. The van der Waals surface area contributed by atoms with E-state index in [0.717, 1.165) is 16.9 Å². The van der Waals surface area contributed by atoms with Crippen LogP contribution in [0.2, 0.25) is 0 Å². The average molecular weight is 292 g/mol. The Labute approximate surface area is 119 Å². The number of carbonyl (C=O) groups is 2. The molecule has 0 spiro atoms. The number of carboxylic acid groups (broad SMARTS) is 1. The molecule has 0 bridgehead atoms. The van der Waals surface area contributed by atoms with Crippen molar-refractivity contribution in [1.29, 1.82) is 0 Å². The highest BCUT2D eigenvalue weighted by Gasteiger charge is 2.14. The summed E-state index contributed by atoms with van der Waals surface area (Å²) >= 11 is 1.00. The van der Waals surface area contributed by atoms with Gasteiger partial charge >= 0.3 is 5.97 Å². The van der Waals surface area contributed by atoms with Crippen LogP contribution in [-0.4, -0.2) is 29.1 Å². The van der Waals surface area contributed by atoms with Crippen LogP contribution in [0.1, 0.15) is 25.9 Å². The molecule has 2 rings (SSSR count). The van der Waals surface area contributed by atoms with Crippen molar-refractivity contribution in [3.63, 3.8) is 0 Å². The van der Waals surface area contributed by atoms with Gasteiger partial charge in [-0.2, -0.15) is 0 Å². The molecule has 0 aliphatic carbocycles. The lowest BCUT2D eigenvalue weighted by Crippen LogP contribution is -2.22. The maximum absolute atomic E-state index is 11.8. The number of thiazole rings is 1. The molecule has 2 N–H and O–H groups in total. The molecule has 1 aromatic heterocycles. The maximum Gasteiger partial charge on any atom is 0.355 e. The SMILES string of the molecule is COc1cccc(CNC(=O)c2nc(C(=O)O)cs2)c1. The van der Waals surface area contributed by atoms with E-state index in [0.29, 0.717) is 12.3 Å². The topological polar surface area (TPSA) is 88.5 Å². The largest absolute Gasteiger partial charge is 0.497 e. The number of benzene rings is 1. The summed E-state index contributed by atoms with van der Waals surface area (Å²) in [4.78, 5) is 26.2. The second-order valence-corrected chi connectivity index (χ2v) is 4.74. The Hall–Kier alpha value is -2.41. The third-order valence-corrected chi connectivity index (χ3v) is 3.35. The van der Waals surface area contributed by atoms with Gasteiger partial charge in [-0.3, -0.25) is 4.79 Å². The molecular formula is C13H12N2O4S. The highest BCUT2D eigenvalue weighted by Crippen LogP contribution is 2.13. The molecule has 0 saturated heterocycles. The first kappa shape index (κ1) is 14.0. The van der Waals surface area contributed by atoms with E-state index in [1.54, 1.807) is 7.11 Å². The third kappa shape index (κ3) is 3.33. The van der Waals surface area contributed by atoms with Crippen LogP contribution in [0.25, 0.3) is 0 Å². The van der Waals surface area contributed by atoms with Crippen LogP contribution in [0.15, 0.2) is 29.6 Å². The molecule has 0 unspecified atom stereocenters. The second kappa shape index (κ2) is 6.16. The van der Waals surface area contributed by atoms with Crippen molar-refractivity contribution in [2.75, 3.05) is 7.11 Å². The van der Waals surface area contributed by atoms with Crippen molar-refractivity contribution >= 4 is 23.2 Å². The number of ether oxygens (including phenoxy) is 1. The summed E-state index contributed by atoms with van der Waals surface area (Å²) in [5.41, 5.74) is 0.759. The van der Waals surface area contributed by atoms with E-state index in [4.69, 9.17) is 9.84 Å². The summed E-state index contributed by atoms with van der Waals surface area (Å²) in [6.07, 6.45) is 0. The molecule has 0 fully saturated rings. The predicted molar refractivity (Wildman–Crippen MR) is 73.2 cm³/mol. The van der Waals surface area contributed by atoms with Gasteiger partial charge in [0.05, 0.1) is 7.11 Å². The van der Waals surface area contributed by atoms with Gasteiger partial charge in [0.25, 0.3) is 5.91 Å². The van der Waals surface area contributed by atoms with Crippen molar-refractivity contribution in [2.45, 2.75) is 6.54 Å². The number of methoxy groups -OCH3 is 1. The minimum Gasteiger partial charge on any atom is -0.497 e. The van der Waals surface area contributed by atoms with E-state index in [-0.39, 0.29) is 10.7 Å². The summed E-state index contributed by atoms with van der Waals surface area (Å²) in [6, 6.07) is 7.30. The Balaban J connectivity index is 1.98. The van der Waals surface area contributed by atoms with Gasteiger partial charge in [0.1, 0.15) is 5.75 Å². The number of hydrogen-bond donors (Lipinski definition) is 2. The number of aromatic carboxylic acids is 1. The number of aromatic nitrogens is 1. The molecular weight excluding hydrogens is 280 g/mol. The zero-order valence-corrected chi connectivity index (χ0v) is 11.4. The van der Waals surface area contributed by atoms with Gasteiger partial charge in [0, 0.05) is 11.9 Å². The highest BCUT2D eigenvalue weighted by molar-refractivity contribution is 7.11. The van der Waals surface area contributed by atoms with Crippen LogP contribution in [-0.2, 0) is 6.54 Å². The fourth-order valence-corrected chi connectivity index (χ4v) is 2.22. The van der Waals surface area contributed by atoms with Gasteiger partial charge in [0.15, 0.2) is 10.7 Å². The van der Waals surface area contributed by atoms with Crippen LogP contribution in [0.3, 0.4) is 0 Å². The first-order valence-corrected chi connectivity index (χ1v) is 6.58. The molecule has 0 radical (unpaired) electrons. The number of carbonyl (C=O) groups excluding carboxylic acids is 1. The van der Waals surface area contributed by atoms with Gasteiger partial charge < -0.3 is 15.2 Å². The zero-order valence-electron chi connectivity index (χ0n) is 10.6. The number of hydrogen-bond acceptors (Lipinski definition) is 5. The Morgan fingerprint density at radius 2 is 2.25 bits per heavy atom. The minimum atomic E-state index is -1.15. The Morgan fingerprint density at radius 1 is 1.45 bits per heavy atom. The lowest BCUT2D eigenvalue weighted by Gasteiger charge is -2.05. The number of nitrogens with one attached hydrogen (secondary N) is 1. The van der Waals surface area contributed by atoms with E-state index in [1.807, 2.05) is 24.3 Å². The van der Waals surface area contributed by atoms with Crippen LogP contribution in [0.4, 0.5) is 0 Å². The lowest BCUT2D eigenvalue weighted by atomic mass is 10.2. The molecule has 0 aliphatic rings. The van der Waals surface area contributed by atoms with E-state index >= 15 is 0 Å². The second-order valence-electron chi connectivity index (χ2n) is 3.88. The van der Waals surface area contributed by atoms with Crippen molar-refractivity contribution < 1.29 is 19.4 Å². The zero-order chi connectivity index (χ0) is 14.5. The predicted octanol–water partition coefficient (Wildman–Crippen LogP) is 1.78. The number of carboxylic acids is 1. The van der Waals surface area contributed by atoms with Crippen molar-refractivity contribution in [3.8, 4) is 5.75 Å². The number of amides is 1. The fourth-order valence-electron chi connectivity index (χ4n) is 1.52. The number of nitrogens with zero attached hydrogens (tertiary/aromatic N) is 1. The standard InChI is InChI=1S/C13H12N2O4S/c1-19-9-4-2-3-8(5-9)6-14-11(16)12-15-10(7-20-12)13(17)18/h2-5,7H,6H2,1H3,(H,14,16)(H,17,18). The Morgan fingerprint density at radius 3 is 2.90 bits per heavy atom. The molecule has 6 nitrogen and oxygen atoms in total. The first-order valence-electron chi connectivity index (χ1n) is 5.70. The summed E-state index contributed by atoms with van der Waals surface area (Å²) in [5.74, 6) is -0.836. The molecule has 1 amide bonds. The maximum atomic E-state index is 11.8. The molecule has 1 aromatic carbocycles. The van der Waals surface area contributed by atoms with Crippen LogP contribution >= 0.6 is 11.3 Å². The Bertz CT molecular complexity index is 639. The highest BCUT2D eigenvalue weighted by atomic mass is 32.1. The minimum absolute atomic E-state index is 0.124. The van der Waals surface area contributed by atoms with Gasteiger partial charge in [-0.25, -0.2) is 9.78 Å². The molecule has 2 aromatic rings. The van der Waals surface area contributed by atoms with E-state index < -0.39 is 11.9 Å². The van der Waals surface area contributed by atoms with Crippen molar-refractivity contribution in [1.82, 2.24) is 10.3 Å². The normalized spacial score (nSPS) is 10.1. The van der Waals surface area contributed by atoms with Crippen molar-refractivity contribution in [3.05, 3.63) is 45.9 Å². The molecule has 0 atom stereocenters. The fraction of sp³-hybridized carbons (Fsp3) is 0.154. The lowest BCUT2D eigenvalue weighted by molar-refractivity contribution is 0.0691. The van der Waals surface area contributed by atoms with Crippen molar-refractivity contribution in [2.24, 2.45) is 0 Å². The quantitative estimate of drug-likeness (QED) is 0.877. The monoisotopic (exact) mass is 292 g/mol. The summed E-state index contributed by atoms with van der Waals surface area (Å²) in [6.45, 7) is 0.317. The Kier molecular flexibility index (Phi) is 4.31. The smallest absolute Gasteiger partial charge is 0.355 e. The summed E-state index contributed by atoms with van der Waals surface area (Å²) < 4.78 is 5.09. The summed E-state index contributed by atoms with van der Waals surface area (Å²) in [7, 11) is 1.57. The van der Waals surface area contributed by atoms with Gasteiger partial charge in [-0.15, -0.1) is 11.3 Å². The van der Waals surface area contributed by atoms with Gasteiger partial charge in [-0.05, 0) is 17.7 Å². The van der Waals surface area contributed by atoms with E-state index in [2.05, 4.69) is 10.3 Å². The van der Waals surface area contributed by atoms with E-state index in [1.165, 1.54) is 5.38 Å². The third-order valence-electron chi connectivity index (χ3n) is 2.50. The average Bonchev–Trinajstić information content (AvgIpc) is 2.95. The molecule has 104 valence electrons. The van der Waals surface area contributed by atoms with Gasteiger partial charge in [-0.1, -0.05) is 12.1 Å². The first-order chi connectivity index (χ1) is 9.60. The van der Waals surface area contributed by atoms with Gasteiger partial charge in [0.2, 0.25) is 0 Å². The van der Waals surface area contributed by atoms with Crippen LogP contribution < -0.4 is 10.1 Å². The molecule has 1 heterocycles. The van der Waals surface area contributed by atoms with Crippen LogP contribution in [0, 0.1) is 0 Å². The number of rotatable bonds is 5. The summed E-state index contributed by atoms with van der Waals surface area (Å²) in [5, 5.41) is 12.9.